The highest BCUT2D eigenvalue weighted by atomic mass is 35.5. The number of halogens is 1. The smallest absolute Gasteiger partial charge is 0.407 e. The largest absolute Gasteiger partial charge is 0.506 e. The molecule has 10 heteroatoms. The van der Waals surface area contributed by atoms with Gasteiger partial charge in [-0.25, -0.2) is 9.59 Å². The van der Waals surface area contributed by atoms with Crippen molar-refractivity contribution in [1.29, 1.82) is 0 Å². The summed E-state index contributed by atoms with van der Waals surface area (Å²) in [5.41, 5.74) is -0.340. The molecule has 2 N–H and O–H groups in total. The Balaban J connectivity index is 1.77. The third-order valence-corrected chi connectivity index (χ3v) is 7.48. The molecule has 3 atom stereocenters. The Morgan fingerprint density at radius 2 is 1.89 bits per heavy atom. The van der Waals surface area contributed by atoms with Crippen LogP contribution in [0.2, 0.25) is 5.02 Å². The molecule has 1 aromatic heterocycles. The summed E-state index contributed by atoms with van der Waals surface area (Å²) in [7, 11) is 0. The molecule has 37 heavy (non-hydrogen) atoms. The molecule has 4 rings (SSSR count). The molecule has 1 amide bonds. The van der Waals surface area contributed by atoms with Crippen molar-refractivity contribution in [1.82, 2.24) is 9.88 Å². The second-order valence-electron chi connectivity index (χ2n) is 11.2. The molecule has 0 spiro atoms. The Morgan fingerprint density at radius 3 is 2.49 bits per heavy atom. The number of nitrogens with one attached hydrogen (secondary N) is 1. The number of aromatic nitrogens is 1. The van der Waals surface area contributed by atoms with E-state index in [1.165, 1.54) is 12.3 Å². The van der Waals surface area contributed by atoms with Gasteiger partial charge >= 0.3 is 12.1 Å². The molecule has 1 aliphatic heterocycles. The molecule has 0 unspecified atom stereocenters. The molecular formula is C27H36ClN3O6. The van der Waals surface area contributed by atoms with Crippen LogP contribution in [0.1, 0.15) is 70.8 Å². The highest BCUT2D eigenvalue weighted by Crippen LogP contribution is 2.45. The summed E-state index contributed by atoms with van der Waals surface area (Å²) in [6.45, 7) is 12.4. The van der Waals surface area contributed by atoms with Crippen LogP contribution in [-0.4, -0.2) is 53.1 Å². The van der Waals surface area contributed by atoms with Gasteiger partial charge in [0, 0.05) is 25.3 Å². The topological polar surface area (TPSA) is 110 Å². The number of phenols is 1. The van der Waals surface area contributed by atoms with Crippen LogP contribution >= 0.6 is 11.6 Å². The highest BCUT2D eigenvalue weighted by molar-refractivity contribution is 6.38. The fourth-order valence-electron chi connectivity index (χ4n) is 4.95. The summed E-state index contributed by atoms with van der Waals surface area (Å²) in [6.07, 6.45) is 2.82. The van der Waals surface area contributed by atoms with E-state index in [2.05, 4.69) is 19.2 Å². The first-order valence-corrected chi connectivity index (χ1v) is 13.2. The Bertz CT molecular complexity index is 1280. The molecule has 1 aliphatic carbocycles. The van der Waals surface area contributed by atoms with E-state index in [0.29, 0.717) is 24.3 Å². The number of phenolic OH excluding ortho intramolecular Hbond substituents is 1. The average molecular weight is 534 g/mol. The van der Waals surface area contributed by atoms with Crippen LogP contribution in [0, 0.1) is 11.8 Å². The molecule has 9 nitrogen and oxygen atoms in total. The minimum absolute atomic E-state index is 0.0773. The van der Waals surface area contributed by atoms with E-state index in [-0.39, 0.29) is 52.2 Å². The zero-order valence-electron chi connectivity index (χ0n) is 22.3. The molecule has 0 bridgehead atoms. The minimum Gasteiger partial charge on any atom is -0.506 e. The minimum atomic E-state index is -0.696. The van der Waals surface area contributed by atoms with Gasteiger partial charge in [-0.3, -0.25) is 4.79 Å². The van der Waals surface area contributed by atoms with E-state index < -0.39 is 23.1 Å². The maximum Gasteiger partial charge on any atom is 0.407 e. The average Bonchev–Trinajstić information content (AvgIpc) is 3.62. The Morgan fingerprint density at radius 1 is 1.22 bits per heavy atom. The number of hydrogen-bond donors (Lipinski definition) is 2. The number of anilines is 1. The molecule has 1 aromatic carbocycles. The fraction of sp³-hybridized carbons (Fsp3) is 0.593. The van der Waals surface area contributed by atoms with Gasteiger partial charge in [0.25, 0.3) is 0 Å². The van der Waals surface area contributed by atoms with Crippen LogP contribution in [0.4, 0.5) is 10.5 Å². The number of carbonyl (C=O) groups is 2. The van der Waals surface area contributed by atoms with Crippen molar-refractivity contribution in [2.75, 3.05) is 24.6 Å². The number of benzene rings is 1. The van der Waals surface area contributed by atoms with Gasteiger partial charge in [0.2, 0.25) is 5.43 Å². The van der Waals surface area contributed by atoms with Gasteiger partial charge in [0.1, 0.15) is 22.6 Å². The van der Waals surface area contributed by atoms with E-state index in [1.807, 2.05) is 30.2 Å². The molecule has 1 saturated carbocycles. The third-order valence-electron chi connectivity index (χ3n) is 7.12. The molecule has 1 saturated heterocycles. The van der Waals surface area contributed by atoms with Crippen LogP contribution in [0.15, 0.2) is 17.1 Å². The number of hydrogen-bond acceptors (Lipinski definition) is 7. The van der Waals surface area contributed by atoms with Crippen LogP contribution in [0.3, 0.4) is 0 Å². The fourth-order valence-corrected chi connectivity index (χ4v) is 5.37. The maximum atomic E-state index is 13.3. The Kier molecular flexibility index (Phi) is 7.38. The highest BCUT2D eigenvalue weighted by Gasteiger charge is 2.37. The van der Waals surface area contributed by atoms with Crippen molar-refractivity contribution < 1.29 is 24.2 Å². The number of rotatable bonds is 5. The zero-order valence-corrected chi connectivity index (χ0v) is 23.0. The number of pyridine rings is 1. The van der Waals surface area contributed by atoms with E-state index >= 15 is 0 Å². The van der Waals surface area contributed by atoms with Gasteiger partial charge in [-0.15, -0.1) is 0 Å². The number of piperidine rings is 1. The van der Waals surface area contributed by atoms with Gasteiger partial charge < -0.3 is 29.4 Å². The molecule has 0 radical (unpaired) electrons. The lowest BCUT2D eigenvalue weighted by molar-refractivity contribution is 0.0469. The number of fused-ring (bicyclic) bond motifs is 1. The Labute approximate surface area is 221 Å². The summed E-state index contributed by atoms with van der Waals surface area (Å²) in [5, 5.41) is 14.5. The first-order valence-electron chi connectivity index (χ1n) is 12.8. The van der Waals surface area contributed by atoms with E-state index in [4.69, 9.17) is 21.1 Å². The van der Waals surface area contributed by atoms with Gasteiger partial charge in [-0.05, 0) is 58.4 Å². The molecule has 2 aromatic rings. The second-order valence-corrected chi connectivity index (χ2v) is 11.6. The number of amides is 1. The lowest BCUT2D eigenvalue weighted by Gasteiger charge is -2.43. The Hall–Kier alpha value is -2.94. The van der Waals surface area contributed by atoms with Gasteiger partial charge in [0.05, 0.1) is 28.6 Å². The molecule has 2 aliphatic rings. The standard InChI is InChI=1S/C27H36ClN3O6/c1-7-36-25(34)18-12-31(16-8-9-16)22-17(24(18)33)10-20(32)23(21(22)28)30-11-14(2)15(3)19(13-30)29-26(35)37-27(4,5)6/h10,12,14-16,19,32H,7-9,11,13H2,1-6H3,(H,29,35)/t14-,15-,19-/m1/s1. The first-order chi connectivity index (χ1) is 17.3. The monoisotopic (exact) mass is 533 g/mol. The second kappa shape index (κ2) is 10.1. The van der Waals surface area contributed by atoms with Crippen LogP contribution < -0.4 is 15.6 Å². The van der Waals surface area contributed by atoms with Crippen molar-refractivity contribution in [3.63, 3.8) is 0 Å². The first kappa shape index (κ1) is 27.1. The lowest BCUT2D eigenvalue weighted by Crippen LogP contribution is -2.55. The van der Waals surface area contributed by atoms with E-state index in [0.717, 1.165) is 12.8 Å². The summed E-state index contributed by atoms with van der Waals surface area (Å²) in [4.78, 5) is 40.2. The summed E-state index contributed by atoms with van der Waals surface area (Å²) in [5.74, 6) is -0.535. The molecule has 2 heterocycles. The van der Waals surface area contributed by atoms with E-state index in [9.17, 15) is 19.5 Å². The summed E-state index contributed by atoms with van der Waals surface area (Å²) < 4.78 is 12.4. The third kappa shape index (κ3) is 5.51. The summed E-state index contributed by atoms with van der Waals surface area (Å²) in [6, 6.07) is 1.24. The van der Waals surface area contributed by atoms with Crippen LogP contribution in [-0.2, 0) is 9.47 Å². The van der Waals surface area contributed by atoms with E-state index in [1.54, 1.807) is 6.92 Å². The van der Waals surface area contributed by atoms with Crippen LogP contribution in [0.5, 0.6) is 5.75 Å². The van der Waals surface area contributed by atoms with Gasteiger partial charge in [-0.1, -0.05) is 25.4 Å². The number of esters is 1. The maximum absolute atomic E-state index is 13.3. The predicted molar refractivity (Wildman–Crippen MR) is 143 cm³/mol. The van der Waals surface area contributed by atoms with Crippen LogP contribution in [0.25, 0.3) is 10.9 Å². The lowest BCUT2D eigenvalue weighted by atomic mass is 9.84. The van der Waals surface area contributed by atoms with Gasteiger partial charge in [-0.2, -0.15) is 0 Å². The van der Waals surface area contributed by atoms with Crippen molar-refractivity contribution in [3.05, 3.63) is 33.1 Å². The SMILES string of the molecule is CCOC(=O)c1cn(C2CC2)c2c(Cl)c(N3C[C@@H](C)[C@@H](C)[C@H](NC(=O)OC(C)(C)C)C3)c(O)cc2c1=O. The normalized spacial score (nSPS) is 22.1. The molecule has 2 fully saturated rings. The molecular weight excluding hydrogens is 498 g/mol. The summed E-state index contributed by atoms with van der Waals surface area (Å²) >= 11 is 6.96. The quantitative estimate of drug-likeness (QED) is 0.528. The van der Waals surface area contributed by atoms with Crippen molar-refractivity contribution >= 4 is 40.3 Å². The predicted octanol–water partition coefficient (Wildman–Crippen LogP) is 4.86. The van der Waals surface area contributed by atoms with Crippen molar-refractivity contribution in [2.45, 2.75) is 72.1 Å². The van der Waals surface area contributed by atoms with Gasteiger partial charge in [0.15, 0.2) is 0 Å². The zero-order chi connectivity index (χ0) is 27.2. The number of nitrogens with zero attached hydrogens (tertiary/aromatic N) is 2. The van der Waals surface area contributed by atoms with Crippen molar-refractivity contribution in [2.24, 2.45) is 11.8 Å². The molecule has 202 valence electrons. The van der Waals surface area contributed by atoms with Crippen molar-refractivity contribution in [3.8, 4) is 5.75 Å². The number of ether oxygens (including phenoxy) is 2. The number of aromatic hydroxyl groups is 1. The number of carbonyl (C=O) groups excluding carboxylic acids is 2. The number of alkyl carbamates (subject to hydrolysis) is 1.